The minimum Gasteiger partial charge on any atom is -0.386 e. The van der Waals surface area contributed by atoms with E-state index in [-0.39, 0.29) is 11.5 Å². The first-order valence-electron chi connectivity index (χ1n) is 9.47. The van der Waals surface area contributed by atoms with Crippen molar-refractivity contribution in [3.05, 3.63) is 83.6 Å². The van der Waals surface area contributed by atoms with Crippen molar-refractivity contribution in [1.82, 2.24) is 10.2 Å². The SMILES string of the molecule is N#C/C(=C/NCc1ccccc1)C(=O)N1CCC(Cc2ccccc2)CC1. The van der Waals surface area contributed by atoms with Crippen molar-refractivity contribution in [2.45, 2.75) is 25.8 Å². The smallest absolute Gasteiger partial charge is 0.265 e. The number of benzene rings is 2. The number of rotatable bonds is 6. The summed E-state index contributed by atoms with van der Waals surface area (Å²) in [6, 6.07) is 22.4. The predicted octanol–water partition coefficient (Wildman–Crippen LogP) is 3.66. The molecule has 1 aliphatic heterocycles. The number of hydrogen-bond donors (Lipinski definition) is 1. The molecule has 1 N–H and O–H groups in total. The Kier molecular flexibility index (Phi) is 6.65. The van der Waals surface area contributed by atoms with Crippen LogP contribution in [0.15, 0.2) is 72.4 Å². The Labute approximate surface area is 161 Å². The average molecular weight is 359 g/mol. The van der Waals surface area contributed by atoms with E-state index >= 15 is 0 Å². The lowest BCUT2D eigenvalue weighted by Gasteiger charge is -2.32. The van der Waals surface area contributed by atoms with Gasteiger partial charge in [0.25, 0.3) is 5.91 Å². The molecule has 1 heterocycles. The number of amides is 1. The number of piperidine rings is 1. The van der Waals surface area contributed by atoms with Crippen LogP contribution in [-0.2, 0) is 17.8 Å². The second-order valence-corrected chi connectivity index (χ2v) is 6.96. The van der Waals surface area contributed by atoms with Crippen molar-refractivity contribution in [3.8, 4) is 6.07 Å². The maximum Gasteiger partial charge on any atom is 0.265 e. The highest BCUT2D eigenvalue weighted by Gasteiger charge is 2.25. The van der Waals surface area contributed by atoms with Crippen LogP contribution in [0.25, 0.3) is 0 Å². The Morgan fingerprint density at radius 3 is 2.22 bits per heavy atom. The minimum absolute atomic E-state index is 0.170. The highest BCUT2D eigenvalue weighted by Crippen LogP contribution is 2.22. The molecule has 3 rings (SSSR count). The summed E-state index contributed by atoms with van der Waals surface area (Å²) in [7, 11) is 0. The van der Waals surface area contributed by atoms with Gasteiger partial charge < -0.3 is 10.2 Å². The van der Waals surface area contributed by atoms with Crippen LogP contribution in [0.3, 0.4) is 0 Å². The highest BCUT2D eigenvalue weighted by atomic mass is 16.2. The number of hydrogen-bond acceptors (Lipinski definition) is 3. The standard InChI is InChI=1S/C23H25N3O/c24-16-22(18-25-17-21-9-5-2-6-10-21)23(27)26-13-11-20(12-14-26)15-19-7-3-1-4-8-19/h1-10,18,20,25H,11-15,17H2/b22-18-. The number of nitrogens with zero attached hydrogens (tertiary/aromatic N) is 2. The van der Waals surface area contributed by atoms with Crippen LogP contribution in [0, 0.1) is 17.2 Å². The quantitative estimate of drug-likeness (QED) is 0.632. The van der Waals surface area contributed by atoms with E-state index < -0.39 is 0 Å². The molecule has 1 fully saturated rings. The Bertz CT molecular complexity index is 801. The van der Waals surface area contributed by atoms with Crippen molar-refractivity contribution in [3.63, 3.8) is 0 Å². The van der Waals surface area contributed by atoms with Gasteiger partial charge in [0, 0.05) is 25.8 Å². The molecule has 0 unspecified atom stereocenters. The molecule has 2 aromatic carbocycles. The van der Waals surface area contributed by atoms with Crippen molar-refractivity contribution in [2.75, 3.05) is 13.1 Å². The number of carbonyl (C=O) groups excluding carboxylic acids is 1. The van der Waals surface area contributed by atoms with Crippen LogP contribution in [0.1, 0.15) is 24.0 Å². The second kappa shape index (κ2) is 9.59. The lowest BCUT2D eigenvalue weighted by Crippen LogP contribution is -2.39. The molecule has 4 heteroatoms. The Morgan fingerprint density at radius 2 is 1.63 bits per heavy atom. The van der Waals surface area contributed by atoms with E-state index in [1.807, 2.05) is 42.5 Å². The number of carbonyl (C=O) groups is 1. The molecule has 1 amide bonds. The van der Waals surface area contributed by atoms with Gasteiger partial charge in [0.2, 0.25) is 0 Å². The zero-order valence-corrected chi connectivity index (χ0v) is 15.5. The third-order valence-corrected chi connectivity index (χ3v) is 5.02. The Hall–Kier alpha value is -3.06. The summed E-state index contributed by atoms with van der Waals surface area (Å²) in [6.45, 7) is 2.03. The molecule has 0 saturated carbocycles. The molecule has 1 saturated heterocycles. The molecule has 138 valence electrons. The molecule has 1 aliphatic rings. The highest BCUT2D eigenvalue weighted by molar-refractivity contribution is 5.97. The Morgan fingerprint density at radius 1 is 1.04 bits per heavy atom. The van der Waals surface area contributed by atoms with E-state index in [4.69, 9.17) is 0 Å². The van der Waals surface area contributed by atoms with Gasteiger partial charge in [-0.3, -0.25) is 4.79 Å². The van der Waals surface area contributed by atoms with E-state index in [1.54, 1.807) is 11.1 Å². The Balaban J connectivity index is 1.49. The summed E-state index contributed by atoms with van der Waals surface area (Å²) in [5.74, 6) is 0.429. The molecule has 0 bridgehead atoms. The first-order chi connectivity index (χ1) is 13.3. The van der Waals surface area contributed by atoms with Gasteiger partial charge in [-0.2, -0.15) is 5.26 Å². The van der Waals surface area contributed by atoms with Gasteiger partial charge in [-0.1, -0.05) is 60.7 Å². The largest absolute Gasteiger partial charge is 0.386 e. The lowest BCUT2D eigenvalue weighted by molar-refractivity contribution is -0.128. The van der Waals surface area contributed by atoms with Crippen LogP contribution in [0.4, 0.5) is 0 Å². The minimum atomic E-state index is -0.170. The van der Waals surface area contributed by atoms with E-state index in [2.05, 4.69) is 29.6 Å². The molecule has 2 aromatic rings. The van der Waals surface area contributed by atoms with Crippen molar-refractivity contribution < 1.29 is 4.79 Å². The fourth-order valence-corrected chi connectivity index (χ4v) is 3.47. The van der Waals surface area contributed by atoms with Gasteiger partial charge in [-0.15, -0.1) is 0 Å². The molecule has 0 atom stereocenters. The van der Waals surface area contributed by atoms with Gasteiger partial charge in [0.15, 0.2) is 0 Å². The summed E-state index contributed by atoms with van der Waals surface area (Å²) in [6.07, 6.45) is 4.57. The molecule has 27 heavy (non-hydrogen) atoms. The predicted molar refractivity (Wildman–Crippen MR) is 106 cm³/mol. The van der Waals surface area contributed by atoms with Crippen LogP contribution < -0.4 is 5.32 Å². The van der Waals surface area contributed by atoms with E-state index in [9.17, 15) is 10.1 Å². The molecule has 0 radical (unpaired) electrons. The monoisotopic (exact) mass is 359 g/mol. The summed E-state index contributed by atoms with van der Waals surface area (Å²) in [5.41, 5.74) is 2.64. The van der Waals surface area contributed by atoms with Crippen molar-refractivity contribution >= 4 is 5.91 Å². The number of likely N-dealkylation sites (tertiary alicyclic amines) is 1. The molecular weight excluding hydrogens is 334 g/mol. The maximum atomic E-state index is 12.6. The van der Waals surface area contributed by atoms with E-state index in [0.29, 0.717) is 25.6 Å². The summed E-state index contributed by atoms with van der Waals surface area (Å²) in [4.78, 5) is 14.4. The third kappa shape index (κ3) is 5.46. The van der Waals surface area contributed by atoms with Crippen LogP contribution in [-0.4, -0.2) is 23.9 Å². The van der Waals surface area contributed by atoms with Gasteiger partial charge in [-0.25, -0.2) is 0 Å². The molecule has 0 aliphatic carbocycles. The molecular formula is C23H25N3O. The summed E-state index contributed by atoms with van der Waals surface area (Å²) < 4.78 is 0. The first-order valence-corrected chi connectivity index (χ1v) is 9.47. The topological polar surface area (TPSA) is 56.1 Å². The molecule has 0 aromatic heterocycles. The van der Waals surface area contributed by atoms with Gasteiger partial charge in [0.1, 0.15) is 11.6 Å². The zero-order chi connectivity index (χ0) is 18.9. The number of nitrogens with one attached hydrogen (secondary N) is 1. The van der Waals surface area contributed by atoms with Crippen LogP contribution >= 0.6 is 0 Å². The molecule has 4 nitrogen and oxygen atoms in total. The molecule has 0 spiro atoms. The fraction of sp³-hybridized carbons (Fsp3) is 0.304. The average Bonchev–Trinajstić information content (AvgIpc) is 2.73. The zero-order valence-electron chi connectivity index (χ0n) is 15.5. The summed E-state index contributed by atoms with van der Waals surface area (Å²) in [5, 5.41) is 12.4. The van der Waals surface area contributed by atoms with E-state index in [0.717, 1.165) is 24.8 Å². The normalized spacial score (nSPS) is 15.2. The fourth-order valence-electron chi connectivity index (χ4n) is 3.47. The van der Waals surface area contributed by atoms with Gasteiger partial charge >= 0.3 is 0 Å². The maximum absolute atomic E-state index is 12.6. The van der Waals surface area contributed by atoms with E-state index in [1.165, 1.54) is 5.56 Å². The van der Waals surface area contributed by atoms with Gasteiger partial charge in [0.05, 0.1) is 0 Å². The lowest BCUT2D eigenvalue weighted by atomic mass is 9.90. The van der Waals surface area contributed by atoms with Crippen molar-refractivity contribution in [2.24, 2.45) is 5.92 Å². The van der Waals surface area contributed by atoms with Crippen LogP contribution in [0.2, 0.25) is 0 Å². The summed E-state index contributed by atoms with van der Waals surface area (Å²) >= 11 is 0. The van der Waals surface area contributed by atoms with Crippen molar-refractivity contribution in [1.29, 1.82) is 5.26 Å². The van der Waals surface area contributed by atoms with Crippen LogP contribution in [0.5, 0.6) is 0 Å². The number of nitriles is 1. The second-order valence-electron chi connectivity index (χ2n) is 6.96. The third-order valence-electron chi connectivity index (χ3n) is 5.02. The first kappa shape index (κ1) is 18.7. The van der Waals surface area contributed by atoms with Gasteiger partial charge in [-0.05, 0) is 36.3 Å².